The predicted molar refractivity (Wildman–Crippen MR) is 145 cm³/mol. The van der Waals surface area contributed by atoms with Gasteiger partial charge in [0.25, 0.3) is 5.56 Å². The lowest BCUT2D eigenvalue weighted by atomic mass is 9.92. The van der Waals surface area contributed by atoms with Crippen molar-refractivity contribution in [3.63, 3.8) is 0 Å². The van der Waals surface area contributed by atoms with Crippen molar-refractivity contribution in [2.75, 3.05) is 26.3 Å². The molecule has 3 heterocycles. The molecule has 38 heavy (non-hydrogen) atoms. The second kappa shape index (κ2) is 11.9. The zero-order chi connectivity index (χ0) is 26.3. The van der Waals surface area contributed by atoms with Crippen molar-refractivity contribution < 1.29 is 9.84 Å². The first kappa shape index (κ1) is 25.5. The number of hydrogen-bond donors (Lipinski definition) is 2. The second-order valence-electron chi connectivity index (χ2n) is 9.51. The number of nitrogens with one attached hydrogen (secondary N) is 1. The molecule has 5 rings (SSSR count). The fourth-order valence-corrected chi connectivity index (χ4v) is 4.63. The summed E-state index contributed by atoms with van der Waals surface area (Å²) < 4.78 is 7.49. The Morgan fingerprint density at radius 3 is 2.37 bits per heavy atom. The quantitative estimate of drug-likeness (QED) is 0.372. The van der Waals surface area contributed by atoms with Crippen LogP contribution in [0, 0.1) is 18.8 Å². The number of ether oxygens (including phenoxy) is 1. The Morgan fingerprint density at radius 1 is 1.03 bits per heavy atom. The number of imidazole rings is 1. The molecule has 0 saturated carbocycles. The van der Waals surface area contributed by atoms with Gasteiger partial charge in [0, 0.05) is 62.0 Å². The van der Waals surface area contributed by atoms with Crippen LogP contribution in [0.3, 0.4) is 0 Å². The van der Waals surface area contributed by atoms with Gasteiger partial charge in [-0.1, -0.05) is 36.1 Å². The standard InChI is InChI=1S/C30H31N5O3/c1-22-31-12-13-35(22)20-27(18-28-29(36)30(37)33-21-32-28)26-10-8-24(9-11-26)3-2-23-4-6-25(7-5-23)19-34-14-16-38-17-15-34/h4-13,21,27,36H,14-20H2,1H3,(H,32,33,37)/t27-/m0/s1. The average Bonchev–Trinajstić information content (AvgIpc) is 3.35. The van der Waals surface area contributed by atoms with Gasteiger partial charge in [0.15, 0.2) is 0 Å². The van der Waals surface area contributed by atoms with Crippen molar-refractivity contribution in [3.05, 3.63) is 111 Å². The number of benzene rings is 2. The van der Waals surface area contributed by atoms with Crippen LogP contribution in [0.4, 0.5) is 0 Å². The minimum absolute atomic E-state index is 0.0240. The number of hydrogen-bond acceptors (Lipinski definition) is 6. The summed E-state index contributed by atoms with van der Waals surface area (Å²) in [5.41, 5.74) is 4.08. The summed E-state index contributed by atoms with van der Waals surface area (Å²) in [6.07, 6.45) is 5.43. The molecule has 1 fully saturated rings. The molecule has 1 saturated heterocycles. The Kier molecular flexibility index (Phi) is 7.98. The Bertz CT molecular complexity index is 1470. The van der Waals surface area contributed by atoms with E-state index >= 15 is 0 Å². The lowest BCUT2D eigenvalue weighted by Crippen LogP contribution is -2.35. The van der Waals surface area contributed by atoms with Gasteiger partial charge in [-0.2, -0.15) is 0 Å². The van der Waals surface area contributed by atoms with Crippen molar-refractivity contribution in [2.45, 2.75) is 32.4 Å². The summed E-state index contributed by atoms with van der Waals surface area (Å²) in [6, 6.07) is 16.5. The van der Waals surface area contributed by atoms with E-state index < -0.39 is 5.56 Å². The molecule has 2 aromatic carbocycles. The fraction of sp³-hybridized carbons (Fsp3) is 0.300. The first-order chi connectivity index (χ1) is 18.5. The van der Waals surface area contributed by atoms with E-state index in [2.05, 4.69) is 72.7 Å². The largest absolute Gasteiger partial charge is 0.502 e. The first-order valence-corrected chi connectivity index (χ1v) is 12.8. The topological polar surface area (TPSA) is 96.3 Å². The van der Waals surface area contributed by atoms with Gasteiger partial charge in [-0.3, -0.25) is 9.69 Å². The summed E-state index contributed by atoms with van der Waals surface area (Å²) in [5, 5.41) is 10.2. The normalized spacial score (nSPS) is 14.6. The van der Waals surface area contributed by atoms with Crippen molar-refractivity contribution in [1.82, 2.24) is 24.4 Å². The molecule has 4 aromatic rings. The number of rotatable bonds is 7. The molecule has 0 unspecified atom stereocenters. The van der Waals surface area contributed by atoms with Crippen LogP contribution in [-0.4, -0.2) is 55.8 Å². The number of aromatic amines is 1. The third-order valence-electron chi connectivity index (χ3n) is 6.88. The molecule has 0 radical (unpaired) electrons. The van der Waals surface area contributed by atoms with Crippen molar-refractivity contribution in [3.8, 4) is 17.6 Å². The van der Waals surface area contributed by atoms with E-state index in [0.29, 0.717) is 18.7 Å². The molecule has 0 spiro atoms. The highest BCUT2D eigenvalue weighted by Crippen LogP contribution is 2.25. The van der Waals surface area contributed by atoms with Crippen molar-refractivity contribution in [1.29, 1.82) is 0 Å². The third-order valence-corrected chi connectivity index (χ3v) is 6.88. The average molecular weight is 510 g/mol. The molecule has 8 nitrogen and oxygen atoms in total. The van der Waals surface area contributed by atoms with Crippen LogP contribution in [0.15, 0.2) is 72.0 Å². The van der Waals surface area contributed by atoms with Crippen LogP contribution in [0.5, 0.6) is 5.75 Å². The minimum Gasteiger partial charge on any atom is -0.502 e. The number of aromatic nitrogens is 4. The Balaban J connectivity index is 1.30. The van der Waals surface area contributed by atoms with Gasteiger partial charge in [-0.25, -0.2) is 9.97 Å². The maximum atomic E-state index is 11.9. The van der Waals surface area contributed by atoms with Crippen LogP contribution in [0.2, 0.25) is 0 Å². The molecule has 1 aliphatic heterocycles. The molecule has 1 aliphatic rings. The van der Waals surface area contributed by atoms with Gasteiger partial charge in [0.1, 0.15) is 5.82 Å². The molecular formula is C30H31N5O3. The number of morpholine rings is 1. The van der Waals surface area contributed by atoms with Gasteiger partial charge in [0.05, 0.1) is 25.2 Å². The zero-order valence-electron chi connectivity index (χ0n) is 21.4. The highest BCUT2D eigenvalue weighted by atomic mass is 16.5. The van der Waals surface area contributed by atoms with Crippen molar-refractivity contribution >= 4 is 0 Å². The molecule has 0 amide bonds. The first-order valence-electron chi connectivity index (χ1n) is 12.8. The van der Waals surface area contributed by atoms with Crippen LogP contribution in [-0.2, 0) is 24.2 Å². The molecule has 2 N–H and O–H groups in total. The maximum absolute atomic E-state index is 11.9. The summed E-state index contributed by atoms with van der Waals surface area (Å²) in [7, 11) is 0. The van der Waals surface area contributed by atoms with E-state index in [0.717, 1.165) is 55.4 Å². The molecule has 0 bridgehead atoms. The summed E-state index contributed by atoms with van der Waals surface area (Å²) in [5.74, 6) is 7.06. The van der Waals surface area contributed by atoms with E-state index in [1.807, 2.05) is 25.3 Å². The zero-order valence-corrected chi connectivity index (χ0v) is 21.4. The maximum Gasteiger partial charge on any atom is 0.293 e. The number of aryl methyl sites for hydroxylation is 1. The smallest absolute Gasteiger partial charge is 0.293 e. The van der Waals surface area contributed by atoms with Crippen molar-refractivity contribution in [2.24, 2.45) is 0 Å². The van der Waals surface area contributed by atoms with Gasteiger partial charge < -0.3 is 19.4 Å². The summed E-state index contributed by atoms with van der Waals surface area (Å²) >= 11 is 0. The third kappa shape index (κ3) is 6.38. The molecule has 0 aliphatic carbocycles. The Labute approximate surface area is 222 Å². The number of nitrogens with zero attached hydrogens (tertiary/aromatic N) is 4. The molecule has 8 heteroatoms. The van der Waals surface area contributed by atoms with Gasteiger partial charge in [-0.05, 0) is 42.3 Å². The van der Waals surface area contributed by atoms with Gasteiger partial charge in [-0.15, -0.1) is 0 Å². The SMILES string of the molecule is Cc1nccn1C[C@H](Cc1nc[nH]c(=O)c1O)c1ccc(C#Cc2ccc(CN3CCOCC3)cc2)cc1. The molecule has 2 aromatic heterocycles. The minimum atomic E-state index is -0.535. The summed E-state index contributed by atoms with van der Waals surface area (Å²) in [4.78, 5) is 25.2. The molecular weight excluding hydrogens is 478 g/mol. The van der Waals surface area contributed by atoms with E-state index in [4.69, 9.17) is 4.74 Å². The van der Waals surface area contributed by atoms with Crippen LogP contribution >= 0.6 is 0 Å². The van der Waals surface area contributed by atoms with E-state index in [-0.39, 0.29) is 11.7 Å². The lowest BCUT2D eigenvalue weighted by molar-refractivity contribution is 0.0342. The van der Waals surface area contributed by atoms with Crippen LogP contribution in [0.25, 0.3) is 0 Å². The van der Waals surface area contributed by atoms with E-state index in [1.54, 1.807) is 6.20 Å². The number of H-pyrrole nitrogens is 1. The number of aromatic hydroxyl groups is 1. The molecule has 194 valence electrons. The second-order valence-corrected chi connectivity index (χ2v) is 9.51. The fourth-order valence-electron chi connectivity index (χ4n) is 4.63. The van der Waals surface area contributed by atoms with Crippen LogP contribution < -0.4 is 5.56 Å². The summed E-state index contributed by atoms with van der Waals surface area (Å²) in [6.45, 7) is 7.08. The van der Waals surface area contributed by atoms with Crippen LogP contribution in [0.1, 0.15) is 39.7 Å². The lowest BCUT2D eigenvalue weighted by Gasteiger charge is -2.26. The van der Waals surface area contributed by atoms with E-state index in [1.165, 1.54) is 11.9 Å². The Hall–Kier alpha value is -4.19. The highest BCUT2D eigenvalue weighted by Gasteiger charge is 2.18. The monoisotopic (exact) mass is 509 g/mol. The molecule has 1 atom stereocenters. The highest BCUT2D eigenvalue weighted by molar-refractivity contribution is 5.44. The predicted octanol–water partition coefficient (Wildman–Crippen LogP) is 3.24. The van der Waals surface area contributed by atoms with Gasteiger partial charge in [0.2, 0.25) is 5.75 Å². The van der Waals surface area contributed by atoms with Gasteiger partial charge >= 0.3 is 0 Å². The van der Waals surface area contributed by atoms with E-state index in [9.17, 15) is 9.90 Å². The Morgan fingerprint density at radius 2 is 1.71 bits per heavy atom.